The average molecular weight is 200 g/mol. The summed E-state index contributed by atoms with van der Waals surface area (Å²) in [7, 11) is 0. The van der Waals surface area contributed by atoms with Gasteiger partial charge in [0.2, 0.25) is 0 Å². The molecule has 13 heavy (non-hydrogen) atoms. The standard InChI is InChI=1S/C9H16F4/c10-8-6-4-2-1-3-5-7-9(11,12)13/h1-8H2. The Morgan fingerprint density at radius 3 is 1.62 bits per heavy atom. The molecule has 0 bridgehead atoms. The number of halogens is 4. The smallest absolute Gasteiger partial charge is 0.251 e. The van der Waals surface area contributed by atoms with Crippen LogP contribution in [-0.4, -0.2) is 12.9 Å². The molecule has 0 unspecified atom stereocenters. The van der Waals surface area contributed by atoms with Crippen molar-refractivity contribution in [2.24, 2.45) is 0 Å². The summed E-state index contributed by atoms with van der Waals surface area (Å²) in [6.45, 7) is -0.317. The molecule has 0 radical (unpaired) electrons. The second kappa shape index (κ2) is 7.15. The third kappa shape index (κ3) is 11.7. The minimum atomic E-state index is -4.01. The molecule has 80 valence electrons. The molecular formula is C9H16F4. The van der Waals surface area contributed by atoms with E-state index in [0.29, 0.717) is 12.8 Å². The van der Waals surface area contributed by atoms with Gasteiger partial charge in [-0.25, -0.2) is 0 Å². The topological polar surface area (TPSA) is 0 Å². The van der Waals surface area contributed by atoms with Crippen molar-refractivity contribution in [3.05, 3.63) is 0 Å². The first kappa shape index (κ1) is 12.7. The van der Waals surface area contributed by atoms with Crippen molar-refractivity contribution in [2.45, 2.75) is 51.1 Å². The first-order chi connectivity index (χ1) is 6.06. The maximum Gasteiger partial charge on any atom is 0.389 e. The summed E-state index contributed by atoms with van der Waals surface area (Å²) in [5.41, 5.74) is 0. The van der Waals surface area contributed by atoms with E-state index < -0.39 is 12.6 Å². The van der Waals surface area contributed by atoms with Crippen molar-refractivity contribution < 1.29 is 17.6 Å². The monoisotopic (exact) mass is 200 g/mol. The van der Waals surface area contributed by atoms with Crippen LogP contribution in [-0.2, 0) is 0 Å². The van der Waals surface area contributed by atoms with Gasteiger partial charge >= 0.3 is 6.18 Å². The molecule has 0 rings (SSSR count). The van der Waals surface area contributed by atoms with Crippen molar-refractivity contribution in [2.75, 3.05) is 6.67 Å². The van der Waals surface area contributed by atoms with Gasteiger partial charge in [0.05, 0.1) is 6.67 Å². The summed E-state index contributed by atoms with van der Waals surface area (Å²) in [6.07, 6.45) is -0.917. The maximum atomic E-state index is 11.6. The van der Waals surface area contributed by atoms with Crippen LogP contribution in [0.3, 0.4) is 0 Å². The maximum absolute atomic E-state index is 11.6. The second-order valence-corrected chi connectivity index (χ2v) is 3.18. The Bertz CT molecular complexity index is 109. The Balaban J connectivity index is 3.00. The first-order valence-electron chi connectivity index (χ1n) is 4.69. The van der Waals surface area contributed by atoms with Crippen molar-refractivity contribution in [3.63, 3.8) is 0 Å². The summed E-state index contributed by atoms with van der Waals surface area (Å²) in [5.74, 6) is 0. The van der Waals surface area contributed by atoms with E-state index in [1.165, 1.54) is 0 Å². The number of alkyl halides is 4. The van der Waals surface area contributed by atoms with E-state index in [-0.39, 0.29) is 13.1 Å². The van der Waals surface area contributed by atoms with Crippen LogP contribution in [0.4, 0.5) is 17.6 Å². The molecular weight excluding hydrogens is 184 g/mol. The largest absolute Gasteiger partial charge is 0.389 e. The molecule has 0 saturated heterocycles. The fraction of sp³-hybridized carbons (Fsp3) is 1.00. The van der Waals surface area contributed by atoms with Crippen molar-refractivity contribution in [3.8, 4) is 0 Å². The molecule has 0 aliphatic carbocycles. The van der Waals surface area contributed by atoms with Crippen LogP contribution >= 0.6 is 0 Å². The van der Waals surface area contributed by atoms with Gasteiger partial charge in [-0.1, -0.05) is 25.7 Å². The lowest BCUT2D eigenvalue weighted by atomic mass is 10.1. The van der Waals surface area contributed by atoms with Crippen LogP contribution in [0.2, 0.25) is 0 Å². The fourth-order valence-electron chi connectivity index (χ4n) is 1.13. The van der Waals surface area contributed by atoms with Crippen LogP contribution in [0.15, 0.2) is 0 Å². The highest BCUT2D eigenvalue weighted by Crippen LogP contribution is 2.23. The molecule has 0 aliphatic heterocycles. The van der Waals surface area contributed by atoms with Crippen LogP contribution in [0, 0.1) is 0 Å². The Morgan fingerprint density at radius 2 is 1.15 bits per heavy atom. The van der Waals surface area contributed by atoms with Crippen LogP contribution in [0.1, 0.15) is 44.9 Å². The lowest BCUT2D eigenvalue weighted by Crippen LogP contribution is -2.06. The van der Waals surface area contributed by atoms with Crippen molar-refractivity contribution >= 4 is 0 Å². The lowest BCUT2D eigenvalue weighted by molar-refractivity contribution is -0.135. The molecule has 0 fully saturated rings. The normalized spacial score (nSPS) is 12.0. The van der Waals surface area contributed by atoms with E-state index in [2.05, 4.69) is 0 Å². The highest BCUT2D eigenvalue weighted by atomic mass is 19.4. The molecule has 0 aromatic carbocycles. The van der Waals surface area contributed by atoms with Crippen LogP contribution < -0.4 is 0 Å². The van der Waals surface area contributed by atoms with Crippen LogP contribution in [0.5, 0.6) is 0 Å². The van der Waals surface area contributed by atoms with E-state index in [1.807, 2.05) is 0 Å². The highest BCUT2D eigenvalue weighted by molar-refractivity contribution is 4.51. The third-order valence-corrected chi connectivity index (χ3v) is 1.84. The zero-order valence-electron chi connectivity index (χ0n) is 7.67. The SMILES string of the molecule is FCCCCCCCCC(F)(F)F. The highest BCUT2D eigenvalue weighted by Gasteiger charge is 2.25. The summed E-state index contributed by atoms with van der Waals surface area (Å²) < 4.78 is 46.5. The molecule has 0 saturated carbocycles. The Morgan fingerprint density at radius 1 is 0.692 bits per heavy atom. The first-order valence-corrected chi connectivity index (χ1v) is 4.69. The molecule has 0 N–H and O–H groups in total. The number of unbranched alkanes of at least 4 members (excludes halogenated alkanes) is 5. The molecule has 0 heterocycles. The predicted molar refractivity (Wildman–Crippen MR) is 44.3 cm³/mol. The minimum Gasteiger partial charge on any atom is -0.251 e. The summed E-state index contributed by atoms with van der Waals surface area (Å²) in [6, 6.07) is 0. The van der Waals surface area contributed by atoms with Gasteiger partial charge in [0.15, 0.2) is 0 Å². The molecule has 0 spiro atoms. The van der Waals surface area contributed by atoms with Gasteiger partial charge in [-0.05, 0) is 12.8 Å². The number of hydrogen-bond acceptors (Lipinski definition) is 0. The number of hydrogen-bond donors (Lipinski definition) is 0. The van der Waals surface area contributed by atoms with Gasteiger partial charge < -0.3 is 0 Å². The predicted octanol–water partition coefficient (Wildman–Crippen LogP) is 4.25. The van der Waals surface area contributed by atoms with Gasteiger partial charge in [0, 0.05) is 6.42 Å². The van der Waals surface area contributed by atoms with E-state index in [9.17, 15) is 17.6 Å². The Kier molecular flexibility index (Phi) is 7.00. The Hall–Kier alpha value is -0.280. The summed E-state index contributed by atoms with van der Waals surface area (Å²) in [4.78, 5) is 0. The van der Waals surface area contributed by atoms with Crippen molar-refractivity contribution in [1.82, 2.24) is 0 Å². The zero-order chi connectivity index (χ0) is 10.2. The molecule has 0 aliphatic rings. The minimum absolute atomic E-state index is 0.207. The lowest BCUT2D eigenvalue weighted by Gasteiger charge is -2.04. The molecule has 0 nitrogen and oxygen atoms in total. The third-order valence-electron chi connectivity index (χ3n) is 1.84. The van der Waals surface area contributed by atoms with Gasteiger partial charge in [0.1, 0.15) is 0 Å². The Labute approximate surface area is 76.3 Å². The molecule has 0 aromatic rings. The molecule has 4 heteroatoms. The quantitative estimate of drug-likeness (QED) is 0.425. The van der Waals surface area contributed by atoms with E-state index in [0.717, 1.165) is 19.3 Å². The van der Waals surface area contributed by atoms with Gasteiger partial charge in [-0.2, -0.15) is 13.2 Å². The van der Waals surface area contributed by atoms with E-state index >= 15 is 0 Å². The zero-order valence-corrected chi connectivity index (χ0v) is 7.67. The van der Waals surface area contributed by atoms with Gasteiger partial charge in [-0.3, -0.25) is 4.39 Å². The second-order valence-electron chi connectivity index (χ2n) is 3.18. The van der Waals surface area contributed by atoms with Gasteiger partial charge in [-0.15, -0.1) is 0 Å². The van der Waals surface area contributed by atoms with Crippen LogP contribution in [0.25, 0.3) is 0 Å². The number of rotatable bonds is 7. The fourth-order valence-corrected chi connectivity index (χ4v) is 1.13. The van der Waals surface area contributed by atoms with Crippen molar-refractivity contribution in [1.29, 1.82) is 0 Å². The van der Waals surface area contributed by atoms with E-state index in [4.69, 9.17) is 0 Å². The molecule has 0 atom stereocenters. The van der Waals surface area contributed by atoms with E-state index in [1.54, 1.807) is 0 Å². The average Bonchev–Trinajstić information content (AvgIpc) is 2.01. The summed E-state index contributed by atoms with van der Waals surface area (Å²) in [5, 5.41) is 0. The molecule has 0 amide bonds. The molecule has 0 aromatic heterocycles. The summed E-state index contributed by atoms with van der Waals surface area (Å²) >= 11 is 0. The van der Waals surface area contributed by atoms with Gasteiger partial charge in [0.25, 0.3) is 0 Å².